The first-order chi connectivity index (χ1) is 10.4. The SMILES string of the molecule is CCCCC1=CN(c2ccccc2)N(c2ccccc2)C1. The third kappa shape index (κ3) is 3.10. The second-order valence-electron chi connectivity index (χ2n) is 5.46. The second kappa shape index (κ2) is 6.49. The lowest BCUT2D eigenvalue weighted by atomic mass is 10.1. The zero-order chi connectivity index (χ0) is 14.5. The number of anilines is 2. The van der Waals surface area contributed by atoms with E-state index in [0.29, 0.717) is 0 Å². The highest BCUT2D eigenvalue weighted by atomic mass is 15.6. The largest absolute Gasteiger partial charge is 0.277 e. The van der Waals surface area contributed by atoms with Crippen LogP contribution < -0.4 is 10.0 Å². The molecule has 2 nitrogen and oxygen atoms in total. The van der Waals surface area contributed by atoms with Crippen LogP contribution in [0.4, 0.5) is 11.4 Å². The van der Waals surface area contributed by atoms with Crippen molar-refractivity contribution in [1.29, 1.82) is 0 Å². The highest BCUT2D eigenvalue weighted by molar-refractivity contribution is 5.63. The Bertz CT molecular complexity index is 589. The standard InChI is InChI=1S/C19H22N2/c1-2-3-10-17-15-20(18-11-6-4-7-12-18)21(16-17)19-13-8-5-9-14-19/h4-9,11-15H,2-3,10,16H2,1H3. The minimum absolute atomic E-state index is 0.985. The summed E-state index contributed by atoms with van der Waals surface area (Å²) in [6.45, 7) is 3.23. The summed E-state index contributed by atoms with van der Waals surface area (Å²) < 4.78 is 0. The molecule has 0 bridgehead atoms. The van der Waals surface area contributed by atoms with Crippen LogP contribution in [-0.4, -0.2) is 6.54 Å². The van der Waals surface area contributed by atoms with Crippen LogP contribution in [0, 0.1) is 0 Å². The summed E-state index contributed by atoms with van der Waals surface area (Å²) in [7, 11) is 0. The molecule has 0 saturated carbocycles. The number of unbranched alkanes of at least 4 members (excludes halogenated alkanes) is 1. The van der Waals surface area contributed by atoms with Crippen LogP contribution in [0.5, 0.6) is 0 Å². The summed E-state index contributed by atoms with van der Waals surface area (Å²) in [5.41, 5.74) is 3.96. The summed E-state index contributed by atoms with van der Waals surface area (Å²) >= 11 is 0. The molecule has 3 rings (SSSR count). The minimum Gasteiger partial charge on any atom is -0.277 e. The molecule has 0 atom stereocenters. The van der Waals surface area contributed by atoms with Crippen LogP contribution in [0.2, 0.25) is 0 Å². The van der Waals surface area contributed by atoms with Crippen LogP contribution in [-0.2, 0) is 0 Å². The molecule has 0 fully saturated rings. The first-order valence-corrected chi connectivity index (χ1v) is 7.75. The van der Waals surface area contributed by atoms with Crippen molar-refractivity contribution in [3.63, 3.8) is 0 Å². The molecule has 108 valence electrons. The van der Waals surface area contributed by atoms with Crippen molar-refractivity contribution in [3.8, 4) is 0 Å². The summed E-state index contributed by atoms with van der Waals surface area (Å²) in [4.78, 5) is 0. The van der Waals surface area contributed by atoms with E-state index in [1.807, 2.05) is 0 Å². The third-order valence-electron chi connectivity index (χ3n) is 3.84. The summed E-state index contributed by atoms with van der Waals surface area (Å²) in [6.07, 6.45) is 5.99. The lowest BCUT2D eigenvalue weighted by Crippen LogP contribution is -2.35. The maximum absolute atomic E-state index is 2.35. The van der Waals surface area contributed by atoms with E-state index in [1.165, 1.54) is 36.2 Å². The molecular formula is C19H22N2. The number of hydrogen-bond acceptors (Lipinski definition) is 2. The predicted molar refractivity (Wildman–Crippen MR) is 90.3 cm³/mol. The van der Waals surface area contributed by atoms with Crippen LogP contribution in [0.25, 0.3) is 0 Å². The lowest BCUT2D eigenvalue weighted by molar-refractivity contribution is 0.775. The van der Waals surface area contributed by atoms with Crippen molar-refractivity contribution in [2.24, 2.45) is 0 Å². The Kier molecular flexibility index (Phi) is 4.25. The van der Waals surface area contributed by atoms with Crippen molar-refractivity contribution >= 4 is 11.4 Å². The quantitative estimate of drug-likeness (QED) is 0.759. The summed E-state index contributed by atoms with van der Waals surface area (Å²) in [6, 6.07) is 21.2. The highest BCUT2D eigenvalue weighted by Gasteiger charge is 2.23. The number of nitrogens with zero attached hydrogens (tertiary/aromatic N) is 2. The van der Waals surface area contributed by atoms with Crippen molar-refractivity contribution in [2.45, 2.75) is 26.2 Å². The zero-order valence-electron chi connectivity index (χ0n) is 12.6. The molecule has 0 aliphatic carbocycles. The fraction of sp³-hybridized carbons (Fsp3) is 0.263. The van der Waals surface area contributed by atoms with Gasteiger partial charge in [-0.2, -0.15) is 0 Å². The van der Waals surface area contributed by atoms with E-state index in [0.717, 1.165) is 6.54 Å². The van der Waals surface area contributed by atoms with Gasteiger partial charge in [-0.1, -0.05) is 49.7 Å². The second-order valence-corrected chi connectivity index (χ2v) is 5.46. The normalized spacial score (nSPS) is 14.4. The van der Waals surface area contributed by atoms with Gasteiger partial charge in [-0.3, -0.25) is 10.0 Å². The van der Waals surface area contributed by atoms with Crippen LogP contribution in [0.1, 0.15) is 26.2 Å². The van der Waals surface area contributed by atoms with Crippen molar-refractivity contribution in [2.75, 3.05) is 16.6 Å². The Morgan fingerprint density at radius 2 is 1.48 bits per heavy atom. The van der Waals surface area contributed by atoms with Gasteiger partial charge in [0.25, 0.3) is 0 Å². The molecular weight excluding hydrogens is 256 g/mol. The van der Waals surface area contributed by atoms with Crippen molar-refractivity contribution in [3.05, 3.63) is 72.4 Å². The predicted octanol–water partition coefficient (Wildman–Crippen LogP) is 5.00. The van der Waals surface area contributed by atoms with Crippen molar-refractivity contribution < 1.29 is 0 Å². The first kappa shape index (κ1) is 13.7. The van der Waals surface area contributed by atoms with Gasteiger partial charge in [-0.25, -0.2) is 0 Å². The smallest absolute Gasteiger partial charge is 0.0628 e. The van der Waals surface area contributed by atoms with E-state index in [2.05, 4.69) is 83.8 Å². The van der Waals surface area contributed by atoms with Gasteiger partial charge in [0.05, 0.1) is 17.9 Å². The van der Waals surface area contributed by atoms with E-state index >= 15 is 0 Å². The van der Waals surface area contributed by atoms with Gasteiger partial charge in [0.1, 0.15) is 0 Å². The average molecular weight is 278 g/mol. The maximum atomic E-state index is 2.35. The highest BCUT2D eigenvalue weighted by Crippen LogP contribution is 2.30. The molecule has 0 unspecified atom stereocenters. The molecule has 0 N–H and O–H groups in total. The number of hydrogen-bond donors (Lipinski definition) is 0. The topological polar surface area (TPSA) is 6.48 Å². The molecule has 21 heavy (non-hydrogen) atoms. The van der Waals surface area contributed by atoms with E-state index in [9.17, 15) is 0 Å². The van der Waals surface area contributed by atoms with Crippen molar-refractivity contribution in [1.82, 2.24) is 0 Å². The van der Waals surface area contributed by atoms with Gasteiger partial charge in [-0.05, 0) is 42.7 Å². The van der Waals surface area contributed by atoms with Crippen LogP contribution >= 0.6 is 0 Å². The molecule has 1 aliphatic heterocycles. The fourth-order valence-corrected chi connectivity index (χ4v) is 2.71. The summed E-state index contributed by atoms with van der Waals surface area (Å²) in [5.74, 6) is 0. The molecule has 2 aromatic carbocycles. The number of hydrazine groups is 1. The molecule has 2 aromatic rings. The van der Waals surface area contributed by atoms with Crippen LogP contribution in [0.3, 0.4) is 0 Å². The third-order valence-corrected chi connectivity index (χ3v) is 3.84. The first-order valence-electron chi connectivity index (χ1n) is 7.75. The van der Waals surface area contributed by atoms with Gasteiger partial charge in [-0.15, -0.1) is 0 Å². The molecule has 0 saturated heterocycles. The molecule has 0 amide bonds. The van der Waals surface area contributed by atoms with Gasteiger partial charge in [0.15, 0.2) is 0 Å². The Hall–Kier alpha value is -2.22. The average Bonchev–Trinajstić information content (AvgIpc) is 2.99. The van der Waals surface area contributed by atoms with E-state index in [4.69, 9.17) is 0 Å². The minimum atomic E-state index is 0.985. The fourth-order valence-electron chi connectivity index (χ4n) is 2.71. The Balaban J connectivity index is 1.89. The molecule has 0 spiro atoms. The molecule has 2 heteroatoms. The maximum Gasteiger partial charge on any atom is 0.0628 e. The number of rotatable bonds is 5. The lowest BCUT2D eigenvalue weighted by Gasteiger charge is -2.31. The van der Waals surface area contributed by atoms with Crippen LogP contribution in [0.15, 0.2) is 72.4 Å². The zero-order valence-corrected chi connectivity index (χ0v) is 12.6. The van der Waals surface area contributed by atoms with E-state index < -0.39 is 0 Å². The van der Waals surface area contributed by atoms with Gasteiger partial charge < -0.3 is 0 Å². The summed E-state index contributed by atoms with van der Waals surface area (Å²) in [5, 5.41) is 4.63. The Morgan fingerprint density at radius 3 is 2.10 bits per heavy atom. The number of benzene rings is 2. The Labute approximate surface area is 127 Å². The van der Waals surface area contributed by atoms with Gasteiger partial charge in [0.2, 0.25) is 0 Å². The molecule has 0 radical (unpaired) electrons. The van der Waals surface area contributed by atoms with E-state index in [-0.39, 0.29) is 0 Å². The van der Waals surface area contributed by atoms with E-state index in [1.54, 1.807) is 0 Å². The molecule has 1 heterocycles. The monoisotopic (exact) mass is 278 g/mol. The molecule has 1 aliphatic rings. The number of para-hydroxylation sites is 2. The Morgan fingerprint density at radius 1 is 0.857 bits per heavy atom. The van der Waals surface area contributed by atoms with Gasteiger partial charge >= 0.3 is 0 Å². The molecule has 0 aromatic heterocycles. The van der Waals surface area contributed by atoms with Gasteiger partial charge in [0, 0.05) is 6.20 Å².